The van der Waals surface area contributed by atoms with Gasteiger partial charge in [0, 0.05) is 13.0 Å². The molecule has 34 heavy (non-hydrogen) atoms. The molecule has 0 bridgehead atoms. The number of rotatable bonds is 10. The van der Waals surface area contributed by atoms with Crippen LogP contribution in [-0.4, -0.2) is 83.5 Å². The third kappa shape index (κ3) is 8.28. The zero-order chi connectivity index (χ0) is 25.5. The summed E-state index contributed by atoms with van der Waals surface area (Å²) in [6.45, 7) is 10.7. The van der Waals surface area contributed by atoms with Crippen LogP contribution < -0.4 is 10.6 Å². The average Bonchev–Trinajstić information content (AvgIpc) is 3.38. The number of nitrogens with zero attached hydrogens (tertiary/aromatic N) is 1. The SMILES string of the molecule is C=CC[C@H](COB(C)O)NC(=O)[C@@H]1CC(O)CN1C(=O)[C@@H](NC(=O)OC1CCCC1)C(C)(C)C. The standard InChI is InChI=1S/C23H40BN3O7/c1-6-9-15(14-33-24(5)32)25-20(29)18-12-16(28)13-27(18)21(30)19(23(2,3)4)26-22(31)34-17-10-7-8-11-17/h6,15-19,28,32H,1,7-14H2,2-5H3,(H,25,29)(H,26,31)/t15-,16?,18+,19-/m1/s1. The van der Waals surface area contributed by atoms with E-state index in [2.05, 4.69) is 17.2 Å². The Bertz CT molecular complexity index is 722. The largest absolute Gasteiger partial charge is 0.450 e. The van der Waals surface area contributed by atoms with Crippen molar-refractivity contribution in [3.63, 3.8) is 0 Å². The minimum absolute atomic E-state index is 0.0147. The number of aliphatic hydroxyl groups excluding tert-OH is 1. The van der Waals surface area contributed by atoms with Crippen molar-refractivity contribution in [1.82, 2.24) is 15.5 Å². The number of alkyl carbamates (subject to hydrolysis) is 1. The van der Waals surface area contributed by atoms with Crippen molar-refractivity contribution >= 4 is 25.0 Å². The number of carbonyl (C=O) groups is 3. The zero-order valence-corrected chi connectivity index (χ0v) is 20.8. The molecule has 0 aromatic carbocycles. The summed E-state index contributed by atoms with van der Waals surface area (Å²) in [7, 11) is -0.988. The quantitative estimate of drug-likeness (QED) is 0.272. The summed E-state index contributed by atoms with van der Waals surface area (Å²) >= 11 is 0. The lowest BCUT2D eigenvalue weighted by atomic mass is 9.85. The molecule has 1 saturated carbocycles. The van der Waals surface area contributed by atoms with Gasteiger partial charge in [-0.05, 0) is 44.3 Å². The minimum atomic E-state index is -0.988. The topological polar surface area (TPSA) is 137 Å². The van der Waals surface area contributed by atoms with E-state index < -0.39 is 54.7 Å². The summed E-state index contributed by atoms with van der Waals surface area (Å²) in [5, 5.41) is 25.2. The van der Waals surface area contributed by atoms with Gasteiger partial charge in [0.05, 0.1) is 18.8 Å². The lowest BCUT2D eigenvalue weighted by Crippen LogP contribution is -2.58. The summed E-state index contributed by atoms with van der Waals surface area (Å²) < 4.78 is 10.7. The predicted molar refractivity (Wildman–Crippen MR) is 128 cm³/mol. The molecule has 0 aromatic rings. The van der Waals surface area contributed by atoms with Gasteiger partial charge in [-0.1, -0.05) is 26.8 Å². The van der Waals surface area contributed by atoms with E-state index in [9.17, 15) is 24.5 Å². The lowest BCUT2D eigenvalue weighted by molar-refractivity contribution is -0.142. The first-order valence-electron chi connectivity index (χ1n) is 12.1. The first kappa shape index (κ1) is 28.1. The van der Waals surface area contributed by atoms with E-state index in [1.807, 2.05) is 20.8 Å². The van der Waals surface area contributed by atoms with Crippen molar-refractivity contribution in [1.29, 1.82) is 0 Å². The second-order valence-electron chi connectivity index (χ2n) is 10.3. The monoisotopic (exact) mass is 481 g/mol. The molecule has 0 aromatic heterocycles. The molecular weight excluding hydrogens is 441 g/mol. The van der Waals surface area contributed by atoms with Crippen LogP contribution in [0.15, 0.2) is 12.7 Å². The number of aliphatic hydroxyl groups is 1. The van der Waals surface area contributed by atoms with Gasteiger partial charge in [0.25, 0.3) is 0 Å². The molecule has 4 N–H and O–H groups in total. The third-order valence-electron chi connectivity index (χ3n) is 6.15. The van der Waals surface area contributed by atoms with Crippen LogP contribution in [0.5, 0.6) is 0 Å². The molecule has 11 heteroatoms. The Morgan fingerprint density at radius 3 is 2.44 bits per heavy atom. The smallest absolute Gasteiger partial charge is 0.446 e. The summed E-state index contributed by atoms with van der Waals surface area (Å²) in [6.07, 6.45) is 4.10. The van der Waals surface area contributed by atoms with E-state index in [0.29, 0.717) is 6.42 Å². The van der Waals surface area contributed by atoms with Crippen molar-refractivity contribution in [2.24, 2.45) is 5.41 Å². The number of ether oxygens (including phenoxy) is 1. The van der Waals surface area contributed by atoms with Crippen LogP contribution in [0.25, 0.3) is 0 Å². The Balaban J connectivity index is 2.11. The minimum Gasteiger partial charge on any atom is -0.446 e. The molecule has 1 unspecified atom stereocenters. The molecule has 192 valence electrons. The molecule has 0 radical (unpaired) electrons. The molecule has 1 aliphatic carbocycles. The Morgan fingerprint density at radius 1 is 1.24 bits per heavy atom. The van der Waals surface area contributed by atoms with Crippen molar-refractivity contribution < 1.29 is 33.9 Å². The fourth-order valence-corrected chi connectivity index (χ4v) is 4.35. The van der Waals surface area contributed by atoms with Crippen LogP contribution in [-0.2, 0) is 19.0 Å². The average molecular weight is 481 g/mol. The van der Waals surface area contributed by atoms with Crippen molar-refractivity contribution in [2.75, 3.05) is 13.2 Å². The number of amides is 3. The Kier molecular flexibility index (Phi) is 10.4. The predicted octanol–water partition coefficient (Wildman–Crippen LogP) is 1.22. The van der Waals surface area contributed by atoms with E-state index in [-0.39, 0.29) is 25.7 Å². The lowest BCUT2D eigenvalue weighted by Gasteiger charge is -2.35. The van der Waals surface area contributed by atoms with Crippen molar-refractivity contribution in [2.45, 2.75) is 96.5 Å². The molecule has 2 fully saturated rings. The fraction of sp³-hybridized carbons (Fsp3) is 0.783. The summed E-state index contributed by atoms with van der Waals surface area (Å²) in [5.74, 6) is -0.889. The van der Waals surface area contributed by atoms with E-state index in [4.69, 9.17) is 9.39 Å². The highest BCUT2D eigenvalue weighted by molar-refractivity contribution is 6.40. The van der Waals surface area contributed by atoms with Gasteiger partial charge in [0.15, 0.2) is 0 Å². The van der Waals surface area contributed by atoms with Gasteiger partial charge in [0.1, 0.15) is 18.2 Å². The van der Waals surface area contributed by atoms with Gasteiger partial charge in [-0.25, -0.2) is 4.79 Å². The highest BCUT2D eigenvalue weighted by Gasteiger charge is 2.45. The van der Waals surface area contributed by atoms with Crippen LogP contribution in [0.1, 0.15) is 59.3 Å². The highest BCUT2D eigenvalue weighted by atomic mass is 16.6. The van der Waals surface area contributed by atoms with Crippen LogP contribution in [0, 0.1) is 5.41 Å². The number of β-amino-alcohol motifs (C(OH)–C–C–N with tert-alkyl or cyclic N) is 1. The van der Waals surface area contributed by atoms with E-state index in [1.165, 1.54) is 11.7 Å². The number of likely N-dealkylation sites (tertiary alicyclic amines) is 1. The zero-order valence-electron chi connectivity index (χ0n) is 20.8. The van der Waals surface area contributed by atoms with Crippen LogP contribution in [0.3, 0.4) is 0 Å². The molecule has 0 spiro atoms. The molecule has 2 rings (SSSR count). The van der Waals surface area contributed by atoms with Gasteiger partial charge in [-0.3, -0.25) is 9.59 Å². The normalized spacial score (nSPS) is 22.7. The third-order valence-corrected chi connectivity index (χ3v) is 6.15. The maximum Gasteiger partial charge on any atom is 0.450 e. The molecule has 1 heterocycles. The van der Waals surface area contributed by atoms with Crippen LogP contribution in [0.4, 0.5) is 4.79 Å². The van der Waals surface area contributed by atoms with E-state index in [0.717, 1.165) is 25.7 Å². The molecule has 3 amide bonds. The first-order chi connectivity index (χ1) is 15.9. The van der Waals surface area contributed by atoms with Gasteiger partial charge in [-0.15, -0.1) is 6.58 Å². The Hall–Kier alpha value is -2.11. The molecule has 1 aliphatic heterocycles. The number of hydrogen-bond acceptors (Lipinski definition) is 7. The highest BCUT2D eigenvalue weighted by Crippen LogP contribution is 2.27. The van der Waals surface area contributed by atoms with Gasteiger partial charge < -0.3 is 35.1 Å². The number of hydrogen-bond donors (Lipinski definition) is 4. The first-order valence-corrected chi connectivity index (χ1v) is 12.1. The molecule has 4 atom stereocenters. The summed E-state index contributed by atoms with van der Waals surface area (Å²) in [6, 6.07) is -2.30. The van der Waals surface area contributed by atoms with Gasteiger partial charge in [0.2, 0.25) is 11.8 Å². The molecule has 10 nitrogen and oxygen atoms in total. The molecule has 1 saturated heterocycles. The molecule has 2 aliphatic rings. The van der Waals surface area contributed by atoms with Gasteiger partial charge in [-0.2, -0.15) is 0 Å². The van der Waals surface area contributed by atoms with Crippen LogP contribution in [0.2, 0.25) is 6.82 Å². The summed E-state index contributed by atoms with van der Waals surface area (Å²) in [5.41, 5.74) is -0.656. The fourth-order valence-electron chi connectivity index (χ4n) is 4.35. The summed E-state index contributed by atoms with van der Waals surface area (Å²) in [4.78, 5) is 40.5. The maximum atomic E-state index is 13.5. The number of nitrogens with one attached hydrogen (secondary N) is 2. The number of carbonyl (C=O) groups excluding carboxylic acids is 3. The second kappa shape index (κ2) is 12.6. The maximum absolute atomic E-state index is 13.5. The Morgan fingerprint density at radius 2 is 1.88 bits per heavy atom. The molecular formula is C23H40BN3O7. The Labute approximate surface area is 202 Å². The van der Waals surface area contributed by atoms with Crippen molar-refractivity contribution in [3.8, 4) is 0 Å². The van der Waals surface area contributed by atoms with E-state index in [1.54, 1.807) is 6.08 Å². The second-order valence-corrected chi connectivity index (χ2v) is 10.3. The van der Waals surface area contributed by atoms with Gasteiger partial charge >= 0.3 is 13.2 Å². The van der Waals surface area contributed by atoms with Crippen molar-refractivity contribution in [3.05, 3.63) is 12.7 Å². The van der Waals surface area contributed by atoms with Crippen LogP contribution >= 0.6 is 0 Å². The van der Waals surface area contributed by atoms with E-state index >= 15 is 0 Å².